The van der Waals surface area contributed by atoms with Gasteiger partial charge in [-0.25, -0.2) is 0 Å². The molecule has 21 heavy (non-hydrogen) atoms. The van der Waals surface area contributed by atoms with Gasteiger partial charge < -0.3 is 0 Å². The third kappa shape index (κ3) is 3.98. The fourth-order valence-electron chi connectivity index (χ4n) is 1.77. The van der Waals surface area contributed by atoms with Gasteiger partial charge in [0.2, 0.25) is 0 Å². The predicted molar refractivity (Wildman–Crippen MR) is 86.2 cm³/mol. The topological polar surface area (TPSA) is 34.1 Å². The maximum atomic E-state index is 12.1. The SMILES string of the molecule is O=C(CC(=O)c1ccc(Cl)cc1Cl)c1ccc(Cl)cc1Cl. The van der Waals surface area contributed by atoms with Gasteiger partial charge in [-0.1, -0.05) is 46.4 Å². The summed E-state index contributed by atoms with van der Waals surface area (Å²) in [6.07, 6.45) is -0.331. The average Bonchev–Trinajstić information content (AvgIpc) is 2.37. The zero-order chi connectivity index (χ0) is 15.6. The molecule has 0 aliphatic heterocycles. The lowest BCUT2D eigenvalue weighted by Gasteiger charge is -2.05. The third-order valence-corrected chi connectivity index (χ3v) is 3.88. The second-order valence-electron chi connectivity index (χ2n) is 4.27. The second kappa shape index (κ2) is 6.80. The molecule has 0 amide bonds. The van der Waals surface area contributed by atoms with Crippen molar-refractivity contribution >= 4 is 58.0 Å². The Kier molecular flexibility index (Phi) is 5.28. The first-order chi connectivity index (χ1) is 9.88. The van der Waals surface area contributed by atoms with Crippen molar-refractivity contribution in [2.24, 2.45) is 0 Å². The van der Waals surface area contributed by atoms with Crippen LogP contribution in [-0.4, -0.2) is 11.6 Å². The fourth-order valence-corrected chi connectivity index (χ4v) is 2.80. The number of ketones is 2. The highest BCUT2D eigenvalue weighted by Crippen LogP contribution is 2.25. The molecule has 0 unspecified atom stereocenters. The van der Waals surface area contributed by atoms with Crippen molar-refractivity contribution in [1.82, 2.24) is 0 Å². The Morgan fingerprint density at radius 3 is 1.43 bits per heavy atom. The molecule has 0 atom stereocenters. The second-order valence-corrected chi connectivity index (χ2v) is 5.96. The van der Waals surface area contributed by atoms with E-state index >= 15 is 0 Å². The smallest absolute Gasteiger partial charge is 0.172 e. The van der Waals surface area contributed by atoms with Gasteiger partial charge in [0.25, 0.3) is 0 Å². The summed E-state index contributed by atoms with van der Waals surface area (Å²) >= 11 is 23.4. The van der Waals surface area contributed by atoms with E-state index in [2.05, 4.69) is 0 Å². The molecule has 0 aliphatic carbocycles. The van der Waals surface area contributed by atoms with Crippen LogP contribution in [0.25, 0.3) is 0 Å². The van der Waals surface area contributed by atoms with E-state index in [4.69, 9.17) is 46.4 Å². The molecule has 0 aromatic heterocycles. The molecule has 0 saturated heterocycles. The summed E-state index contributed by atoms with van der Waals surface area (Å²) in [7, 11) is 0. The number of rotatable bonds is 4. The lowest BCUT2D eigenvalue weighted by molar-refractivity contribution is 0.0894. The largest absolute Gasteiger partial charge is 0.294 e. The molecular formula is C15H8Cl4O2. The minimum Gasteiger partial charge on any atom is -0.294 e. The highest BCUT2D eigenvalue weighted by molar-refractivity contribution is 6.38. The Labute approximate surface area is 141 Å². The lowest BCUT2D eigenvalue weighted by Crippen LogP contribution is -2.09. The minimum absolute atomic E-state index is 0.211. The zero-order valence-electron chi connectivity index (χ0n) is 10.5. The number of hydrogen-bond donors (Lipinski definition) is 0. The van der Waals surface area contributed by atoms with E-state index in [1.54, 1.807) is 12.1 Å². The van der Waals surface area contributed by atoms with Crippen LogP contribution in [0.3, 0.4) is 0 Å². The van der Waals surface area contributed by atoms with Crippen LogP contribution in [0, 0.1) is 0 Å². The summed E-state index contributed by atoms with van der Waals surface area (Å²) in [5, 5.41) is 1.26. The fraction of sp³-hybridized carbons (Fsp3) is 0.0667. The minimum atomic E-state index is -0.396. The first-order valence-corrected chi connectivity index (χ1v) is 7.36. The van der Waals surface area contributed by atoms with Crippen LogP contribution in [-0.2, 0) is 0 Å². The summed E-state index contributed by atoms with van der Waals surface area (Å²) in [6.45, 7) is 0. The highest BCUT2D eigenvalue weighted by atomic mass is 35.5. The van der Waals surface area contributed by atoms with Crippen molar-refractivity contribution in [1.29, 1.82) is 0 Å². The summed E-state index contributed by atoms with van der Waals surface area (Å²) < 4.78 is 0. The number of halogens is 4. The summed E-state index contributed by atoms with van der Waals surface area (Å²) in [5.74, 6) is -0.791. The summed E-state index contributed by atoms with van der Waals surface area (Å²) in [6, 6.07) is 8.97. The van der Waals surface area contributed by atoms with E-state index in [0.717, 1.165) is 0 Å². The average molecular weight is 362 g/mol. The molecule has 0 saturated carbocycles. The van der Waals surface area contributed by atoms with Crippen LogP contribution in [0.15, 0.2) is 36.4 Å². The van der Waals surface area contributed by atoms with E-state index in [-0.39, 0.29) is 27.6 Å². The lowest BCUT2D eigenvalue weighted by atomic mass is 10.0. The van der Waals surface area contributed by atoms with Crippen molar-refractivity contribution in [3.63, 3.8) is 0 Å². The van der Waals surface area contributed by atoms with E-state index in [1.165, 1.54) is 24.3 Å². The van der Waals surface area contributed by atoms with Crippen LogP contribution in [0.5, 0.6) is 0 Å². The molecular weight excluding hydrogens is 354 g/mol. The van der Waals surface area contributed by atoms with Gasteiger partial charge in [-0.2, -0.15) is 0 Å². The third-order valence-electron chi connectivity index (χ3n) is 2.78. The quantitative estimate of drug-likeness (QED) is 0.512. The maximum Gasteiger partial charge on any atom is 0.172 e. The summed E-state index contributed by atoms with van der Waals surface area (Å²) in [5.41, 5.74) is 0.499. The molecule has 0 bridgehead atoms. The van der Waals surface area contributed by atoms with E-state index < -0.39 is 11.6 Å². The Morgan fingerprint density at radius 2 is 1.10 bits per heavy atom. The normalized spacial score (nSPS) is 10.5. The van der Waals surface area contributed by atoms with Gasteiger partial charge in [0.05, 0.1) is 16.5 Å². The molecule has 2 aromatic rings. The van der Waals surface area contributed by atoms with Gasteiger partial charge in [-0.15, -0.1) is 0 Å². The number of Topliss-reactive ketones (excluding diaryl/α,β-unsaturated/α-hetero) is 2. The molecule has 0 heterocycles. The number of hydrogen-bond acceptors (Lipinski definition) is 2. The van der Waals surface area contributed by atoms with E-state index in [1.807, 2.05) is 0 Å². The highest BCUT2D eigenvalue weighted by Gasteiger charge is 2.18. The van der Waals surface area contributed by atoms with Gasteiger partial charge in [-0.05, 0) is 36.4 Å². The number of carbonyl (C=O) groups is 2. The van der Waals surface area contributed by atoms with Gasteiger partial charge in [0, 0.05) is 21.2 Å². The standard InChI is InChI=1S/C15H8Cl4O2/c16-8-1-3-10(12(18)5-8)14(20)7-15(21)11-4-2-9(17)6-13(11)19/h1-6H,7H2. The molecule has 0 fully saturated rings. The maximum absolute atomic E-state index is 12.1. The monoisotopic (exact) mass is 360 g/mol. The Balaban J connectivity index is 2.21. The van der Waals surface area contributed by atoms with Crippen LogP contribution >= 0.6 is 46.4 Å². The van der Waals surface area contributed by atoms with Crippen molar-refractivity contribution < 1.29 is 9.59 Å². The zero-order valence-corrected chi connectivity index (χ0v) is 13.5. The van der Waals surface area contributed by atoms with Gasteiger partial charge in [-0.3, -0.25) is 9.59 Å². The van der Waals surface area contributed by atoms with E-state index in [9.17, 15) is 9.59 Å². The van der Waals surface area contributed by atoms with Crippen molar-refractivity contribution in [2.75, 3.05) is 0 Å². The Morgan fingerprint density at radius 1 is 0.714 bits per heavy atom. The molecule has 108 valence electrons. The first kappa shape index (κ1) is 16.3. The van der Waals surface area contributed by atoms with Crippen molar-refractivity contribution in [3.8, 4) is 0 Å². The molecule has 6 heteroatoms. The number of benzene rings is 2. The van der Waals surface area contributed by atoms with Crippen molar-refractivity contribution in [2.45, 2.75) is 6.42 Å². The summed E-state index contributed by atoms with van der Waals surface area (Å²) in [4.78, 5) is 24.2. The number of carbonyl (C=O) groups excluding carboxylic acids is 2. The Bertz CT molecular complexity index is 664. The first-order valence-electron chi connectivity index (χ1n) is 5.85. The molecule has 0 radical (unpaired) electrons. The van der Waals surface area contributed by atoms with Gasteiger partial charge >= 0.3 is 0 Å². The molecule has 2 aromatic carbocycles. The van der Waals surface area contributed by atoms with Crippen LogP contribution in [0.2, 0.25) is 20.1 Å². The molecule has 0 spiro atoms. The van der Waals surface area contributed by atoms with Crippen molar-refractivity contribution in [3.05, 3.63) is 67.6 Å². The van der Waals surface area contributed by atoms with Crippen LogP contribution < -0.4 is 0 Å². The van der Waals surface area contributed by atoms with Crippen LogP contribution in [0.4, 0.5) is 0 Å². The van der Waals surface area contributed by atoms with Gasteiger partial charge in [0.15, 0.2) is 11.6 Å². The van der Waals surface area contributed by atoms with E-state index in [0.29, 0.717) is 10.0 Å². The molecule has 2 rings (SSSR count). The molecule has 2 nitrogen and oxygen atoms in total. The Hall–Kier alpha value is -1.06. The van der Waals surface area contributed by atoms with Gasteiger partial charge in [0.1, 0.15) is 0 Å². The van der Waals surface area contributed by atoms with Crippen LogP contribution in [0.1, 0.15) is 27.1 Å². The predicted octanol–water partition coefficient (Wildman–Crippen LogP) is 5.76. The molecule has 0 N–H and O–H groups in total. The molecule has 0 aliphatic rings.